The van der Waals surface area contributed by atoms with Gasteiger partial charge in [0, 0.05) is 18.8 Å². The molecular formula is C17H29N3. The molecule has 3 N–H and O–H groups in total. The van der Waals surface area contributed by atoms with Gasteiger partial charge in [-0.2, -0.15) is 0 Å². The van der Waals surface area contributed by atoms with E-state index in [2.05, 4.69) is 48.3 Å². The lowest BCUT2D eigenvalue weighted by atomic mass is 9.90. The Morgan fingerprint density at radius 3 is 2.85 bits per heavy atom. The fourth-order valence-corrected chi connectivity index (χ4v) is 3.20. The third-order valence-corrected chi connectivity index (χ3v) is 4.39. The maximum atomic E-state index is 6.13. The highest BCUT2D eigenvalue weighted by Crippen LogP contribution is 2.26. The fraction of sp³-hybridized carbons (Fsp3) is 0.647. The van der Waals surface area contributed by atoms with E-state index in [0.717, 1.165) is 19.4 Å². The molecule has 0 aliphatic carbocycles. The van der Waals surface area contributed by atoms with Gasteiger partial charge < -0.3 is 16.0 Å². The van der Waals surface area contributed by atoms with Crippen LogP contribution in [0, 0.1) is 6.92 Å². The second-order valence-electron chi connectivity index (χ2n) is 6.17. The number of anilines is 1. The second kappa shape index (κ2) is 7.09. The van der Waals surface area contributed by atoms with Crippen LogP contribution in [0.1, 0.15) is 38.2 Å². The van der Waals surface area contributed by atoms with E-state index in [1.165, 1.54) is 37.2 Å². The van der Waals surface area contributed by atoms with Gasteiger partial charge in [-0.3, -0.25) is 0 Å². The third-order valence-electron chi connectivity index (χ3n) is 4.39. The van der Waals surface area contributed by atoms with Crippen molar-refractivity contribution < 1.29 is 0 Å². The van der Waals surface area contributed by atoms with Gasteiger partial charge in [-0.05, 0) is 63.4 Å². The molecule has 0 aromatic heterocycles. The molecule has 0 bridgehead atoms. The average Bonchev–Trinajstić information content (AvgIpc) is 2.63. The first-order valence-electron chi connectivity index (χ1n) is 7.95. The van der Waals surface area contributed by atoms with E-state index in [0.29, 0.717) is 6.54 Å². The van der Waals surface area contributed by atoms with Crippen LogP contribution >= 0.6 is 0 Å². The predicted octanol–water partition coefficient (Wildman–Crippen LogP) is 3.00. The molecule has 0 radical (unpaired) electrons. The van der Waals surface area contributed by atoms with Crippen molar-refractivity contribution in [3.63, 3.8) is 0 Å². The van der Waals surface area contributed by atoms with Crippen molar-refractivity contribution in [2.24, 2.45) is 5.73 Å². The summed E-state index contributed by atoms with van der Waals surface area (Å²) in [5.41, 5.74) is 8.70. The van der Waals surface area contributed by atoms with Crippen molar-refractivity contribution in [1.29, 1.82) is 0 Å². The Hall–Kier alpha value is -1.06. The molecule has 3 nitrogen and oxygen atoms in total. The van der Waals surface area contributed by atoms with Crippen LogP contribution in [0.3, 0.4) is 0 Å². The van der Waals surface area contributed by atoms with E-state index in [9.17, 15) is 0 Å². The molecule has 1 aliphatic heterocycles. The normalized spacial score (nSPS) is 24.4. The number of likely N-dealkylation sites (tertiary alicyclic amines) is 1. The van der Waals surface area contributed by atoms with Crippen LogP contribution in [-0.4, -0.2) is 36.6 Å². The second-order valence-corrected chi connectivity index (χ2v) is 6.17. The van der Waals surface area contributed by atoms with Gasteiger partial charge in [0.25, 0.3) is 0 Å². The molecule has 1 aromatic rings. The van der Waals surface area contributed by atoms with Crippen molar-refractivity contribution in [2.45, 2.75) is 45.1 Å². The first-order chi connectivity index (χ1) is 9.67. The lowest BCUT2D eigenvalue weighted by Crippen LogP contribution is -2.46. The minimum Gasteiger partial charge on any atom is -0.378 e. The first-order valence-corrected chi connectivity index (χ1v) is 7.95. The quantitative estimate of drug-likeness (QED) is 0.868. The number of nitrogens with zero attached hydrogens (tertiary/aromatic N) is 1. The summed E-state index contributed by atoms with van der Waals surface area (Å²) in [4.78, 5) is 2.58. The molecule has 2 rings (SSSR count). The van der Waals surface area contributed by atoms with Crippen LogP contribution in [0.5, 0.6) is 0 Å². The minimum atomic E-state index is 0.0658. The lowest BCUT2D eigenvalue weighted by Gasteiger charge is -2.34. The molecule has 0 saturated carbocycles. The molecule has 1 atom stereocenters. The first kappa shape index (κ1) is 15.3. The standard InChI is InChI=1S/C17H29N3/c1-3-10-20-11-5-8-17(14-18,9-12-20)19-16-7-4-6-15(2)13-16/h4,6-7,13,19H,3,5,8-12,14,18H2,1-2H3. The molecule has 112 valence electrons. The van der Waals surface area contributed by atoms with E-state index in [4.69, 9.17) is 5.73 Å². The number of benzene rings is 1. The molecule has 1 aliphatic rings. The summed E-state index contributed by atoms with van der Waals surface area (Å²) in [5, 5.41) is 3.74. The number of hydrogen-bond acceptors (Lipinski definition) is 3. The SMILES string of the molecule is CCCN1CCCC(CN)(Nc2cccc(C)c2)CC1. The molecule has 1 heterocycles. The van der Waals surface area contributed by atoms with Crippen LogP contribution in [0.25, 0.3) is 0 Å². The Bertz CT molecular complexity index is 418. The van der Waals surface area contributed by atoms with Crippen molar-refractivity contribution in [1.82, 2.24) is 4.90 Å². The molecule has 1 unspecified atom stereocenters. The number of hydrogen-bond donors (Lipinski definition) is 2. The highest BCUT2D eigenvalue weighted by Gasteiger charge is 2.31. The van der Waals surface area contributed by atoms with Crippen molar-refractivity contribution in [3.8, 4) is 0 Å². The van der Waals surface area contributed by atoms with Gasteiger partial charge in [-0.15, -0.1) is 0 Å². The predicted molar refractivity (Wildman–Crippen MR) is 87.2 cm³/mol. The van der Waals surface area contributed by atoms with E-state index in [1.54, 1.807) is 0 Å². The summed E-state index contributed by atoms with van der Waals surface area (Å²) in [6, 6.07) is 8.61. The van der Waals surface area contributed by atoms with Crippen LogP contribution in [-0.2, 0) is 0 Å². The van der Waals surface area contributed by atoms with Crippen LogP contribution in [0.4, 0.5) is 5.69 Å². The maximum absolute atomic E-state index is 6.13. The molecule has 0 spiro atoms. The Morgan fingerprint density at radius 1 is 1.30 bits per heavy atom. The van der Waals surface area contributed by atoms with Gasteiger partial charge in [0.15, 0.2) is 0 Å². The average molecular weight is 275 g/mol. The van der Waals surface area contributed by atoms with E-state index in [1.807, 2.05) is 0 Å². The highest BCUT2D eigenvalue weighted by molar-refractivity contribution is 5.48. The monoisotopic (exact) mass is 275 g/mol. The van der Waals surface area contributed by atoms with E-state index >= 15 is 0 Å². The van der Waals surface area contributed by atoms with Crippen LogP contribution in [0.2, 0.25) is 0 Å². The maximum Gasteiger partial charge on any atom is 0.0508 e. The van der Waals surface area contributed by atoms with E-state index < -0.39 is 0 Å². The Balaban J connectivity index is 2.05. The number of rotatable bonds is 5. The van der Waals surface area contributed by atoms with Gasteiger partial charge in [0.1, 0.15) is 0 Å². The van der Waals surface area contributed by atoms with Gasteiger partial charge in [0.05, 0.1) is 5.54 Å². The number of nitrogens with two attached hydrogens (primary N) is 1. The summed E-state index contributed by atoms with van der Waals surface area (Å²) < 4.78 is 0. The Kier molecular flexibility index (Phi) is 5.44. The summed E-state index contributed by atoms with van der Waals surface area (Å²) in [6.07, 6.45) is 4.77. The topological polar surface area (TPSA) is 41.3 Å². The summed E-state index contributed by atoms with van der Waals surface area (Å²) in [7, 11) is 0. The summed E-state index contributed by atoms with van der Waals surface area (Å²) in [5.74, 6) is 0. The zero-order valence-electron chi connectivity index (χ0n) is 13.0. The van der Waals surface area contributed by atoms with Gasteiger partial charge in [0.2, 0.25) is 0 Å². The molecule has 20 heavy (non-hydrogen) atoms. The smallest absolute Gasteiger partial charge is 0.0508 e. The summed E-state index contributed by atoms with van der Waals surface area (Å²) in [6.45, 7) is 8.68. The molecule has 0 amide bonds. The van der Waals surface area contributed by atoms with Crippen molar-refractivity contribution >= 4 is 5.69 Å². The molecule has 3 heteroatoms. The zero-order valence-corrected chi connectivity index (χ0v) is 13.0. The molecular weight excluding hydrogens is 246 g/mol. The fourth-order valence-electron chi connectivity index (χ4n) is 3.20. The Labute approximate surface area is 123 Å². The third kappa shape index (κ3) is 3.97. The molecule has 1 fully saturated rings. The largest absolute Gasteiger partial charge is 0.378 e. The number of nitrogens with one attached hydrogen (secondary N) is 1. The van der Waals surface area contributed by atoms with Gasteiger partial charge in [-0.25, -0.2) is 0 Å². The molecule has 1 saturated heterocycles. The number of aryl methyl sites for hydroxylation is 1. The van der Waals surface area contributed by atoms with Gasteiger partial charge >= 0.3 is 0 Å². The van der Waals surface area contributed by atoms with Crippen LogP contribution in [0.15, 0.2) is 24.3 Å². The van der Waals surface area contributed by atoms with Gasteiger partial charge in [-0.1, -0.05) is 19.1 Å². The van der Waals surface area contributed by atoms with Crippen LogP contribution < -0.4 is 11.1 Å². The lowest BCUT2D eigenvalue weighted by molar-refractivity contribution is 0.279. The molecule has 1 aromatic carbocycles. The van der Waals surface area contributed by atoms with Crippen molar-refractivity contribution in [2.75, 3.05) is 31.5 Å². The zero-order chi connectivity index (χ0) is 14.4. The summed E-state index contributed by atoms with van der Waals surface area (Å²) >= 11 is 0. The van der Waals surface area contributed by atoms with Crippen molar-refractivity contribution in [3.05, 3.63) is 29.8 Å². The Morgan fingerprint density at radius 2 is 2.15 bits per heavy atom. The minimum absolute atomic E-state index is 0.0658. The van der Waals surface area contributed by atoms with E-state index in [-0.39, 0.29) is 5.54 Å². The highest BCUT2D eigenvalue weighted by atomic mass is 15.1.